The Kier molecular flexibility index (Phi) is 8.41. The monoisotopic (exact) mass is 778 g/mol. The number of hydrogen-bond acceptors (Lipinski definition) is 2. The molecule has 4 aromatic rings. The Balaban J connectivity index is 1.26. The van der Waals surface area contributed by atoms with Gasteiger partial charge in [0.25, 0.3) is 0 Å². The van der Waals surface area contributed by atoms with Gasteiger partial charge in [-0.05, 0) is 13.8 Å². The normalized spacial score (nSPS) is 20.4. The number of benzene rings is 4. The van der Waals surface area contributed by atoms with Crippen LogP contribution in [0.2, 0.25) is 13.5 Å². The van der Waals surface area contributed by atoms with E-state index in [1.54, 1.807) is 16.3 Å². The fourth-order valence-electron chi connectivity index (χ4n) is 8.20. The van der Waals surface area contributed by atoms with Gasteiger partial charge in [0.15, 0.2) is 0 Å². The predicted molar refractivity (Wildman–Crippen MR) is 191 cm³/mol. The van der Waals surface area contributed by atoms with Gasteiger partial charge in [-0.2, -0.15) is 0 Å². The zero-order valence-electron chi connectivity index (χ0n) is 27.7. The molecule has 4 heteroatoms. The molecule has 0 saturated carbocycles. The van der Waals surface area contributed by atoms with Crippen LogP contribution in [0.25, 0.3) is 34.4 Å². The quantitative estimate of drug-likeness (QED) is 0.182. The molecule has 1 heterocycles. The Morgan fingerprint density at radius 1 is 0.644 bits per heavy atom. The zero-order valence-corrected chi connectivity index (χ0v) is 32.7. The molecular formula is C41H46HfO2Si. The number of hydrogen-bond donors (Lipinski definition) is 0. The fraction of sp³-hybridized carbons (Fsp3) is 0.317. The Morgan fingerprint density at radius 2 is 1.16 bits per heavy atom. The van der Waals surface area contributed by atoms with Gasteiger partial charge in [-0.25, -0.2) is 0 Å². The zero-order chi connectivity index (χ0) is 31.3. The molecule has 2 unspecified atom stereocenters. The summed E-state index contributed by atoms with van der Waals surface area (Å²) in [5.74, 6) is 2.47. The first-order valence-electron chi connectivity index (χ1n) is 16.9. The van der Waals surface area contributed by atoms with Crippen LogP contribution in [0.5, 0.6) is 11.5 Å². The van der Waals surface area contributed by atoms with Crippen LogP contribution < -0.4 is 9.47 Å². The van der Waals surface area contributed by atoms with Crippen molar-refractivity contribution in [1.82, 2.24) is 0 Å². The van der Waals surface area contributed by atoms with Crippen LogP contribution in [-0.2, 0) is 20.0 Å². The summed E-state index contributed by atoms with van der Waals surface area (Å²) >= 11 is -2.62. The molecule has 0 amide bonds. The van der Waals surface area contributed by atoms with E-state index < -0.39 is 29.5 Å². The van der Waals surface area contributed by atoms with Crippen molar-refractivity contribution in [2.45, 2.75) is 75.9 Å². The number of fused-ring (bicyclic) bond motifs is 6. The predicted octanol–water partition coefficient (Wildman–Crippen LogP) is 10.8. The Morgan fingerprint density at radius 3 is 1.71 bits per heavy atom. The molecule has 2 atom stereocenters. The summed E-state index contributed by atoms with van der Waals surface area (Å²) < 4.78 is 19.6. The van der Waals surface area contributed by atoms with Crippen LogP contribution in [0.3, 0.4) is 0 Å². The molecule has 1 aliphatic heterocycles. The summed E-state index contributed by atoms with van der Waals surface area (Å²) in [7, 11) is -0.602. The van der Waals surface area contributed by atoms with Gasteiger partial charge in [-0.3, -0.25) is 0 Å². The van der Waals surface area contributed by atoms with Crippen molar-refractivity contribution in [2.75, 3.05) is 0 Å². The Labute approximate surface area is 276 Å². The van der Waals surface area contributed by atoms with Crippen molar-refractivity contribution in [1.29, 1.82) is 0 Å². The second kappa shape index (κ2) is 12.3. The van der Waals surface area contributed by atoms with E-state index in [4.69, 9.17) is 9.47 Å². The summed E-state index contributed by atoms with van der Waals surface area (Å²) in [6.45, 7) is 8.33. The standard InChI is InChI=1S/C39H40O2Si.2CH3.Hf/c1-6-9-36-35-13-8-12-34(28-16-20-31(21-17-28)41-26(4)5)38(35)24-39(36)42-32-22-29-10-7-11-33(37(29)23-32)27-14-18-30(19-15-27)40-25(2)3;;;/h7-8,10-26,36H,1,6,9,42H2,2-5H3;2*1H3;. The molecule has 4 aromatic carbocycles. The average Bonchev–Trinajstić information content (AvgIpc) is 3.56. The third-order valence-electron chi connectivity index (χ3n) is 10.0. The maximum atomic E-state index is 5.95. The average molecular weight is 777 g/mol. The Hall–Kier alpha value is -2.95. The van der Waals surface area contributed by atoms with E-state index in [1.165, 1.54) is 50.4 Å². The summed E-state index contributed by atoms with van der Waals surface area (Å²) in [4.78, 5) is 0. The van der Waals surface area contributed by atoms with Crippen molar-refractivity contribution in [3.8, 4) is 33.8 Å². The van der Waals surface area contributed by atoms with Crippen molar-refractivity contribution in [3.05, 3.63) is 118 Å². The minimum absolute atomic E-state index is 0.183. The van der Waals surface area contributed by atoms with Crippen molar-refractivity contribution in [2.24, 2.45) is 0 Å². The summed E-state index contributed by atoms with van der Waals surface area (Å²) in [5.41, 5.74) is 11.5. The van der Waals surface area contributed by atoms with Crippen LogP contribution >= 0.6 is 0 Å². The minimum atomic E-state index is -2.62. The number of allylic oxidation sites excluding steroid dienone is 2. The topological polar surface area (TPSA) is 18.5 Å². The van der Waals surface area contributed by atoms with Crippen molar-refractivity contribution < 1.29 is 29.4 Å². The molecule has 0 bridgehead atoms. The van der Waals surface area contributed by atoms with Gasteiger partial charge < -0.3 is 0 Å². The van der Waals surface area contributed by atoms with Crippen LogP contribution in [0, 0.1) is 0 Å². The van der Waals surface area contributed by atoms with Gasteiger partial charge in [0.2, 0.25) is 0 Å². The molecular weight excluding hydrogens is 731 g/mol. The molecule has 0 radical (unpaired) electrons. The summed E-state index contributed by atoms with van der Waals surface area (Å²) in [6, 6.07) is 31.7. The van der Waals surface area contributed by atoms with E-state index in [-0.39, 0.29) is 12.2 Å². The van der Waals surface area contributed by atoms with Gasteiger partial charge >= 0.3 is 258 Å². The van der Waals surface area contributed by atoms with Crippen LogP contribution in [-0.4, -0.2) is 21.7 Å². The molecule has 0 aromatic heterocycles. The van der Waals surface area contributed by atoms with Crippen molar-refractivity contribution in [3.63, 3.8) is 0 Å². The second-order valence-electron chi connectivity index (χ2n) is 14.5. The third-order valence-corrected chi connectivity index (χ3v) is 27.6. The Bertz CT molecular complexity index is 1780. The van der Waals surface area contributed by atoms with E-state index in [0.717, 1.165) is 11.5 Å². The fourth-order valence-corrected chi connectivity index (χ4v) is 28.9. The summed E-state index contributed by atoms with van der Waals surface area (Å²) in [6.07, 6.45) is 8.32. The first-order valence-corrected chi connectivity index (χ1v) is 30.1. The van der Waals surface area contributed by atoms with Gasteiger partial charge in [0, 0.05) is 0 Å². The van der Waals surface area contributed by atoms with Crippen molar-refractivity contribution >= 4 is 21.7 Å². The molecule has 3 aliphatic rings. The van der Waals surface area contributed by atoms with Gasteiger partial charge in [-0.1, -0.05) is 0 Å². The molecule has 1 saturated heterocycles. The van der Waals surface area contributed by atoms with Gasteiger partial charge in [0.05, 0.1) is 6.10 Å². The molecule has 7 rings (SSSR count). The van der Waals surface area contributed by atoms with E-state index in [2.05, 4.69) is 134 Å². The van der Waals surface area contributed by atoms with E-state index in [1.807, 2.05) is 5.20 Å². The first kappa shape index (κ1) is 30.7. The van der Waals surface area contributed by atoms with Crippen LogP contribution in [0.1, 0.15) is 72.4 Å². The molecule has 2 aliphatic carbocycles. The molecule has 0 N–H and O–H groups in total. The molecule has 45 heavy (non-hydrogen) atoms. The molecule has 1 fully saturated rings. The summed E-state index contributed by atoms with van der Waals surface area (Å²) in [5, 5.41) is 3.57. The molecule has 230 valence electrons. The van der Waals surface area contributed by atoms with E-state index >= 15 is 0 Å². The SMILES string of the molecule is CC(C)Oc1ccc(-c2cccc3c2C=C2[SiH2]C4=Cc5c(-c6ccc(OC(C)C)cc6)cccc5[CH]4[Hf]([CH3])([CH3])[CH2]CCC23)cc1. The van der Waals surface area contributed by atoms with Gasteiger partial charge in [-0.15, -0.1) is 0 Å². The van der Waals surface area contributed by atoms with Crippen LogP contribution in [0.15, 0.2) is 95.3 Å². The second-order valence-corrected chi connectivity index (χ2v) is 34.6. The maximum absolute atomic E-state index is 5.95. The first-order chi connectivity index (χ1) is 21.7. The number of ether oxygens (including phenoxy) is 2. The molecule has 0 spiro atoms. The number of rotatable bonds is 6. The van der Waals surface area contributed by atoms with E-state index in [9.17, 15) is 0 Å². The molecule has 2 nitrogen and oxygen atoms in total. The third kappa shape index (κ3) is 6.01. The van der Waals surface area contributed by atoms with Gasteiger partial charge in [0.1, 0.15) is 0 Å². The van der Waals surface area contributed by atoms with Crippen LogP contribution in [0.4, 0.5) is 0 Å². The van der Waals surface area contributed by atoms with E-state index in [0.29, 0.717) is 9.59 Å².